The topological polar surface area (TPSA) is 72.2 Å². The van der Waals surface area contributed by atoms with Gasteiger partial charge in [-0.25, -0.2) is 4.79 Å². The molecule has 0 aliphatic carbocycles. The number of hydrogen-bond acceptors (Lipinski definition) is 6. The number of halogens is 1. The molecule has 1 aliphatic rings. The highest BCUT2D eigenvalue weighted by Gasteiger charge is 2.23. The van der Waals surface area contributed by atoms with Gasteiger partial charge in [0.15, 0.2) is 11.3 Å². The summed E-state index contributed by atoms with van der Waals surface area (Å²) < 4.78 is 15.7. The van der Waals surface area contributed by atoms with Gasteiger partial charge in [0.25, 0.3) is 5.91 Å². The fourth-order valence-corrected chi connectivity index (χ4v) is 3.03. The second kappa shape index (κ2) is 8.27. The van der Waals surface area contributed by atoms with E-state index >= 15 is 0 Å². The smallest absolute Gasteiger partial charge is 0.374 e. The van der Waals surface area contributed by atoms with E-state index in [1.54, 1.807) is 18.1 Å². The SMILES string of the molecule is COc1ccc(N2CCN(C(=O)COC(=O)c3ccc(Br)o3)CC2)cc1. The molecule has 2 heterocycles. The zero-order valence-corrected chi connectivity index (χ0v) is 15.9. The van der Waals surface area contributed by atoms with Crippen LogP contribution in [0, 0.1) is 0 Å². The number of benzene rings is 1. The molecule has 0 unspecified atom stereocenters. The monoisotopic (exact) mass is 422 g/mol. The maximum Gasteiger partial charge on any atom is 0.374 e. The van der Waals surface area contributed by atoms with E-state index in [1.165, 1.54) is 6.07 Å². The van der Waals surface area contributed by atoms with Crippen LogP contribution in [0.5, 0.6) is 5.75 Å². The molecule has 8 heteroatoms. The van der Waals surface area contributed by atoms with Gasteiger partial charge in [-0.1, -0.05) is 0 Å². The molecule has 138 valence electrons. The Labute approximate surface area is 159 Å². The first kappa shape index (κ1) is 18.3. The maximum atomic E-state index is 12.2. The second-order valence-corrected chi connectivity index (χ2v) is 6.53. The number of anilines is 1. The van der Waals surface area contributed by atoms with Crippen LogP contribution in [-0.2, 0) is 9.53 Å². The predicted octanol–water partition coefficient (Wildman–Crippen LogP) is 2.56. The Hall–Kier alpha value is -2.48. The van der Waals surface area contributed by atoms with E-state index in [4.69, 9.17) is 13.9 Å². The fraction of sp³-hybridized carbons (Fsp3) is 0.333. The van der Waals surface area contributed by atoms with Crippen molar-refractivity contribution >= 4 is 33.5 Å². The fourth-order valence-electron chi connectivity index (χ4n) is 2.72. The first-order valence-corrected chi connectivity index (χ1v) is 8.95. The third-order valence-electron chi connectivity index (χ3n) is 4.17. The average molecular weight is 423 g/mol. The van der Waals surface area contributed by atoms with Gasteiger partial charge >= 0.3 is 5.97 Å². The molecule has 0 spiro atoms. The van der Waals surface area contributed by atoms with Crippen LogP contribution >= 0.6 is 15.9 Å². The summed E-state index contributed by atoms with van der Waals surface area (Å²) in [5.74, 6) is 0.0150. The van der Waals surface area contributed by atoms with E-state index in [2.05, 4.69) is 20.8 Å². The van der Waals surface area contributed by atoms with Gasteiger partial charge in [0, 0.05) is 31.9 Å². The van der Waals surface area contributed by atoms with E-state index in [0.717, 1.165) is 24.5 Å². The molecule has 1 fully saturated rings. The lowest BCUT2D eigenvalue weighted by molar-refractivity contribution is -0.134. The number of esters is 1. The Balaban J connectivity index is 1.46. The molecule has 26 heavy (non-hydrogen) atoms. The van der Waals surface area contributed by atoms with E-state index in [9.17, 15) is 9.59 Å². The molecule has 1 aliphatic heterocycles. The van der Waals surface area contributed by atoms with E-state index in [1.807, 2.05) is 24.3 Å². The van der Waals surface area contributed by atoms with Gasteiger partial charge in [-0.05, 0) is 52.3 Å². The minimum atomic E-state index is -0.652. The molecule has 1 aromatic carbocycles. The van der Waals surface area contributed by atoms with Crippen LogP contribution in [0.15, 0.2) is 45.5 Å². The van der Waals surface area contributed by atoms with E-state index in [0.29, 0.717) is 17.8 Å². The highest BCUT2D eigenvalue weighted by Crippen LogP contribution is 2.20. The average Bonchev–Trinajstić information content (AvgIpc) is 3.12. The third-order valence-corrected chi connectivity index (χ3v) is 4.60. The highest BCUT2D eigenvalue weighted by atomic mass is 79.9. The predicted molar refractivity (Wildman–Crippen MR) is 98.5 cm³/mol. The summed E-state index contributed by atoms with van der Waals surface area (Å²) in [6.07, 6.45) is 0. The van der Waals surface area contributed by atoms with Crippen LogP contribution < -0.4 is 9.64 Å². The standard InChI is InChI=1S/C18H19BrN2O5/c1-24-14-4-2-13(3-5-14)20-8-10-21(11-9-20)17(22)12-25-18(23)15-6-7-16(19)26-15/h2-7H,8-12H2,1H3. The Kier molecular flexibility index (Phi) is 5.82. The summed E-state index contributed by atoms with van der Waals surface area (Å²) in [7, 11) is 1.64. The number of methoxy groups -OCH3 is 1. The molecule has 2 aromatic rings. The lowest BCUT2D eigenvalue weighted by atomic mass is 10.2. The summed E-state index contributed by atoms with van der Waals surface area (Å²) >= 11 is 3.11. The Bertz CT molecular complexity index is 766. The summed E-state index contributed by atoms with van der Waals surface area (Å²) in [6.45, 7) is 2.30. The minimum Gasteiger partial charge on any atom is -0.497 e. The molecule has 3 rings (SSSR count). The third kappa shape index (κ3) is 4.37. The van der Waals surface area contributed by atoms with Crippen molar-refractivity contribution in [1.29, 1.82) is 0 Å². The molecule has 0 saturated carbocycles. The number of rotatable bonds is 5. The van der Waals surface area contributed by atoms with Crippen molar-refractivity contribution in [3.8, 4) is 5.75 Å². The van der Waals surface area contributed by atoms with Gasteiger partial charge in [-0.15, -0.1) is 0 Å². The number of carbonyl (C=O) groups is 2. The van der Waals surface area contributed by atoms with Crippen LogP contribution in [0.1, 0.15) is 10.6 Å². The minimum absolute atomic E-state index is 0.0639. The molecule has 0 radical (unpaired) electrons. The normalized spacial score (nSPS) is 14.2. The van der Waals surface area contributed by atoms with Crippen molar-refractivity contribution < 1.29 is 23.5 Å². The lowest BCUT2D eigenvalue weighted by Crippen LogP contribution is -2.49. The van der Waals surface area contributed by atoms with Crippen LogP contribution in [0.25, 0.3) is 0 Å². The highest BCUT2D eigenvalue weighted by molar-refractivity contribution is 9.10. The zero-order chi connectivity index (χ0) is 18.5. The number of ether oxygens (including phenoxy) is 2. The second-order valence-electron chi connectivity index (χ2n) is 5.75. The largest absolute Gasteiger partial charge is 0.497 e. The molecule has 0 bridgehead atoms. The van der Waals surface area contributed by atoms with Gasteiger partial charge in [-0.3, -0.25) is 4.79 Å². The maximum absolute atomic E-state index is 12.2. The summed E-state index contributed by atoms with van der Waals surface area (Å²) in [5, 5.41) is 0. The van der Waals surface area contributed by atoms with Gasteiger partial charge in [0.2, 0.25) is 5.76 Å². The molecular formula is C18H19BrN2O5. The molecule has 7 nitrogen and oxygen atoms in total. The molecule has 0 N–H and O–H groups in total. The van der Waals surface area contributed by atoms with E-state index < -0.39 is 5.97 Å². The van der Waals surface area contributed by atoms with Crippen molar-refractivity contribution in [2.45, 2.75) is 0 Å². The number of furan rings is 1. The summed E-state index contributed by atoms with van der Waals surface area (Å²) in [6, 6.07) is 10.9. The van der Waals surface area contributed by atoms with Gasteiger partial charge in [-0.2, -0.15) is 0 Å². The Morgan fingerprint density at radius 2 is 1.77 bits per heavy atom. The van der Waals surface area contributed by atoms with Crippen molar-refractivity contribution in [2.75, 3.05) is 44.8 Å². The van der Waals surface area contributed by atoms with E-state index in [-0.39, 0.29) is 18.3 Å². The molecule has 1 saturated heterocycles. The van der Waals surface area contributed by atoms with Crippen LogP contribution in [-0.4, -0.2) is 56.7 Å². The van der Waals surface area contributed by atoms with Gasteiger partial charge in [0.1, 0.15) is 5.75 Å². The van der Waals surface area contributed by atoms with Crippen molar-refractivity contribution in [1.82, 2.24) is 4.90 Å². The first-order chi connectivity index (χ1) is 12.6. The molecule has 1 aromatic heterocycles. The molecule has 0 atom stereocenters. The zero-order valence-electron chi connectivity index (χ0n) is 14.3. The first-order valence-electron chi connectivity index (χ1n) is 8.16. The number of carbonyl (C=O) groups excluding carboxylic acids is 2. The van der Waals surface area contributed by atoms with Gasteiger partial charge in [0.05, 0.1) is 7.11 Å². The summed E-state index contributed by atoms with van der Waals surface area (Å²) in [5.41, 5.74) is 1.09. The van der Waals surface area contributed by atoms with Crippen molar-refractivity contribution in [2.24, 2.45) is 0 Å². The quantitative estimate of drug-likeness (QED) is 0.689. The number of amides is 1. The van der Waals surface area contributed by atoms with Crippen LogP contribution in [0.2, 0.25) is 0 Å². The van der Waals surface area contributed by atoms with Crippen LogP contribution in [0.3, 0.4) is 0 Å². The van der Waals surface area contributed by atoms with Gasteiger partial charge < -0.3 is 23.7 Å². The Morgan fingerprint density at radius 3 is 2.35 bits per heavy atom. The summed E-state index contributed by atoms with van der Waals surface area (Å²) in [4.78, 5) is 28.0. The van der Waals surface area contributed by atoms with Crippen LogP contribution in [0.4, 0.5) is 5.69 Å². The molecular weight excluding hydrogens is 404 g/mol. The molecule has 1 amide bonds. The van der Waals surface area contributed by atoms with Crippen molar-refractivity contribution in [3.05, 3.63) is 46.8 Å². The number of hydrogen-bond donors (Lipinski definition) is 0. The Morgan fingerprint density at radius 1 is 1.08 bits per heavy atom. The lowest BCUT2D eigenvalue weighted by Gasteiger charge is -2.36. The number of nitrogens with zero attached hydrogens (tertiary/aromatic N) is 2. The number of piperazine rings is 1. The van der Waals surface area contributed by atoms with Crippen molar-refractivity contribution in [3.63, 3.8) is 0 Å².